The monoisotopic (exact) mass is 292 g/mol. The Morgan fingerprint density at radius 3 is 2.76 bits per heavy atom. The number of ether oxygens (including phenoxy) is 1. The first-order valence-electron chi connectivity index (χ1n) is 7.41. The second-order valence-corrected chi connectivity index (χ2v) is 5.56. The van der Waals surface area contributed by atoms with E-state index < -0.39 is 0 Å². The average molecular weight is 292 g/mol. The number of β-amino-alcohol motifs (C(OH)–C–C–N with tert-alkyl or cyclic N) is 1. The maximum atomic E-state index is 11.9. The van der Waals surface area contributed by atoms with Gasteiger partial charge in [0, 0.05) is 20.2 Å². The van der Waals surface area contributed by atoms with E-state index in [1.165, 1.54) is 0 Å². The number of likely N-dealkylation sites (tertiary alicyclic amines) is 1. The van der Waals surface area contributed by atoms with Crippen molar-refractivity contribution in [2.75, 3.05) is 26.7 Å². The molecule has 0 spiro atoms. The molecule has 0 aromatic heterocycles. The van der Waals surface area contributed by atoms with Crippen molar-refractivity contribution in [3.8, 4) is 0 Å². The number of nitrogens with one attached hydrogen (secondary N) is 1. The third-order valence-electron chi connectivity index (χ3n) is 3.67. The van der Waals surface area contributed by atoms with Crippen molar-refractivity contribution < 1.29 is 14.6 Å². The fourth-order valence-electron chi connectivity index (χ4n) is 2.55. The molecule has 0 aliphatic carbocycles. The van der Waals surface area contributed by atoms with Gasteiger partial charge in [0.1, 0.15) is 0 Å². The highest BCUT2D eigenvalue weighted by Crippen LogP contribution is 2.09. The summed E-state index contributed by atoms with van der Waals surface area (Å²) in [6.07, 6.45) is 1.50. The van der Waals surface area contributed by atoms with Crippen LogP contribution in [0.15, 0.2) is 24.3 Å². The summed E-state index contributed by atoms with van der Waals surface area (Å²) in [5.74, 6) is 0.00469. The van der Waals surface area contributed by atoms with E-state index in [1.54, 1.807) is 7.11 Å². The topological polar surface area (TPSA) is 61.8 Å². The third-order valence-corrected chi connectivity index (χ3v) is 3.67. The number of benzene rings is 1. The van der Waals surface area contributed by atoms with Gasteiger partial charge in [0.15, 0.2) is 0 Å². The van der Waals surface area contributed by atoms with Crippen LogP contribution >= 0.6 is 0 Å². The molecule has 21 heavy (non-hydrogen) atoms. The van der Waals surface area contributed by atoms with E-state index >= 15 is 0 Å². The molecule has 1 unspecified atom stereocenters. The highest BCUT2D eigenvalue weighted by Gasteiger charge is 2.19. The molecule has 1 aliphatic heterocycles. The zero-order valence-corrected chi connectivity index (χ0v) is 12.5. The zero-order chi connectivity index (χ0) is 15.1. The normalized spacial score (nSPS) is 19.4. The number of aliphatic hydroxyl groups is 1. The number of nitrogens with zero attached hydrogens (tertiary/aromatic N) is 1. The Hall–Kier alpha value is -1.43. The minimum absolute atomic E-state index is 0.00469. The Kier molecular flexibility index (Phi) is 6.17. The van der Waals surface area contributed by atoms with E-state index in [4.69, 9.17) is 4.74 Å². The molecular weight excluding hydrogens is 268 g/mol. The number of rotatable bonds is 6. The van der Waals surface area contributed by atoms with Crippen LogP contribution in [0.25, 0.3) is 0 Å². The first kappa shape index (κ1) is 15.9. The Morgan fingerprint density at radius 1 is 1.38 bits per heavy atom. The molecule has 1 aromatic rings. The zero-order valence-electron chi connectivity index (χ0n) is 12.5. The van der Waals surface area contributed by atoms with Gasteiger partial charge in [0.05, 0.1) is 19.3 Å². The van der Waals surface area contributed by atoms with E-state index in [-0.39, 0.29) is 12.0 Å². The quantitative estimate of drug-likeness (QED) is 0.818. The van der Waals surface area contributed by atoms with Crippen LogP contribution in [-0.4, -0.2) is 48.8 Å². The number of aliphatic hydroxyl groups excluding tert-OH is 1. The second-order valence-electron chi connectivity index (χ2n) is 5.56. The molecule has 1 atom stereocenters. The van der Waals surface area contributed by atoms with Crippen LogP contribution in [0.5, 0.6) is 0 Å². The van der Waals surface area contributed by atoms with E-state index in [9.17, 15) is 9.90 Å². The lowest BCUT2D eigenvalue weighted by Crippen LogP contribution is -2.44. The van der Waals surface area contributed by atoms with Gasteiger partial charge in [0.25, 0.3) is 0 Å². The summed E-state index contributed by atoms with van der Waals surface area (Å²) in [6, 6.07) is 8.01. The van der Waals surface area contributed by atoms with E-state index in [1.807, 2.05) is 29.2 Å². The lowest BCUT2D eigenvalue weighted by Gasteiger charge is -2.29. The molecule has 1 aromatic carbocycles. The van der Waals surface area contributed by atoms with Crippen LogP contribution in [0.1, 0.15) is 24.0 Å². The van der Waals surface area contributed by atoms with Crippen molar-refractivity contribution in [2.24, 2.45) is 0 Å². The number of piperidine rings is 1. The lowest BCUT2D eigenvalue weighted by molar-refractivity contribution is -0.123. The first-order valence-corrected chi connectivity index (χ1v) is 7.41. The van der Waals surface area contributed by atoms with Gasteiger partial charge in [-0.2, -0.15) is 0 Å². The molecular formula is C16H24N2O3. The third kappa shape index (κ3) is 5.46. The molecule has 0 saturated carbocycles. The van der Waals surface area contributed by atoms with Crippen molar-refractivity contribution in [1.29, 1.82) is 0 Å². The second kappa shape index (κ2) is 8.12. The van der Waals surface area contributed by atoms with Gasteiger partial charge in [-0.15, -0.1) is 0 Å². The summed E-state index contributed by atoms with van der Waals surface area (Å²) in [5.41, 5.74) is 2.19. The van der Waals surface area contributed by atoms with Crippen molar-refractivity contribution in [2.45, 2.75) is 32.1 Å². The molecule has 2 N–H and O–H groups in total. The van der Waals surface area contributed by atoms with Gasteiger partial charge in [-0.25, -0.2) is 0 Å². The Balaban J connectivity index is 1.73. The lowest BCUT2D eigenvalue weighted by atomic mass is 10.1. The molecule has 2 rings (SSSR count). The SMILES string of the molecule is COCc1ccc(CNC(=O)CN2CCCC(O)C2)cc1. The molecule has 1 saturated heterocycles. The summed E-state index contributed by atoms with van der Waals surface area (Å²) in [7, 11) is 1.67. The van der Waals surface area contributed by atoms with E-state index in [2.05, 4.69) is 5.32 Å². The van der Waals surface area contributed by atoms with Crippen LogP contribution in [-0.2, 0) is 22.7 Å². The molecule has 5 nitrogen and oxygen atoms in total. The van der Waals surface area contributed by atoms with Gasteiger partial charge < -0.3 is 15.2 Å². The molecule has 1 aliphatic rings. The van der Waals surface area contributed by atoms with Gasteiger partial charge in [-0.05, 0) is 30.5 Å². The van der Waals surface area contributed by atoms with Gasteiger partial charge in [-0.1, -0.05) is 24.3 Å². The van der Waals surface area contributed by atoms with E-state index in [0.717, 1.165) is 30.5 Å². The average Bonchev–Trinajstić information content (AvgIpc) is 2.47. The largest absolute Gasteiger partial charge is 0.392 e. The Morgan fingerprint density at radius 2 is 2.10 bits per heavy atom. The van der Waals surface area contributed by atoms with Crippen LogP contribution in [0.3, 0.4) is 0 Å². The highest BCUT2D eigenvalue weighted by atomic mass is 16.5. The summed E-state index contributed by atoms with van der Waals surface area (Å²) in [5, 5.41) is 12.5. The summed E-state index contributed by atoms with van der Waals surface area (Å²) in [6.45, 7) is 2.97. The van der Waals surface area contributed by atoms with Crippen LogP contribution in [0.4, 0.5) is 0 Å². The predicted molar refractivity (Wildman–Crippen MR) is 80.7 cm³/mol. The summed E-state index contributed by atoms with van der Waals surface area (Å²) in [4.78, 5) is 13.9. The van der Waals surface area contributed by atoms with Crippen LogP contribution < -0.4 is 5.32 Å². The predicted octanol–water partition coefficient (Wildman–Crippen LogP) is 0.906. The molecule has 1 fully saturated rings. The molecule has 1 amide bonds. The van der Waals surface area contributed by atoms with Gasteiger partial charge in [-0.3, -0.25) is 9.69 Å². The first-order chi connectivity index (χ1) is 10.2. The maximum Gasteiger partial charge on any atom is 0.234 e. The van der Waals surface area contributed by atoms with Gasteiger partial charge >= 0.3 is 0 Å². The molecule has 0 bridgehead atoms. The van der Waals surface area contributed by atoms with Crippen LogP contribution in [0.2, 0.25) is 0 Å². The fourth-order valence-corrected chi connectivity index (χ4v) is 2.55. The highest BCUT2D eigenvalue weighted by molar-refractivity contribution is 5.78. The van der Waals surface area contributed by atoms with Crippen molar-refractivity contribution in [1.82, 2.24) is 10.2 Å². The van der Waals surface area contributed by atoms with E-state index in [0.29, 0.717) is 26.2 Å². The number of hydrogen-bond acceptors (Lipinski definition) is 4. The number of carbonyl (C=O) groups excluding carboxylic acids is 1. The maximum absolute atomic E-state index is 11.9. The minimum Gasteiger partial charge on any atom is -0.392 e. The fraction of sp³-hybridized carbons (Fsp3) is 0.562. The molecule has 116 valence electrons. The van der Waals surface area contributed by atoms with Crippen LogP contribution in [0, 0.1) is 0 Å². The Labute approximate surface area is 125 Å². The standard InChI is InChI=1S/C16H24N2O3/c1-21-12-14-6-4-13(5-7-14)9-17-16(20)11-18-8-2-3-15(19)10-18/h4-7,15,19H,2-3,8-12H2,1H3,(H,17,20). The van der Waals surface area contributed by atoms with Crippen molar-refractivity contribution in [3.63, 3.8) is 0 Å². The number of carbonyl (C=O) groups is 1. The number of methoxy groups -OCH3 is 1. The molecule has 5 heteroatoms. The van der Waals surface area contributed by atoms with Crippen molar-refractivity contribution in [3.05, 3.63) is 35.4 Å². The number of amides is 1. The van der Waals surface area contributed by atoms with Crippen molar-refractivity contribution >= 4 is 5.91 Å². The molecule has 0 radical (unpaired) electrons. The summed E-state index contributed by atoms with van der Waals surface area (Å²) >= 11 is 0. The molecule has 1 heterocycles. The minimum atomic E-state index is -0.292. The Bertz CT molecular complexity index is 447. The number of hydrogen-bond donors (Lipinski definition) is 2. The summed E-state index contributed by atoms with van der Waals surface area (Å²) < 4.78 is 5.06. The van der Waals surface area contributed by atoms with Gasteiger partial charge in [0.2, 0.25) is 5.91 Å². The smallest absolute Gasteiger partial charge is 0.234 e.